The number of thiazole rings is 1. The Morgan fingerprint density at radius 2 is 2.00 bits per heavy atom. The number of amides is 1. The van der Waals surface area contributed by atoms with Gasteiger partial charge in [0.1, 0.15) is 0 Å². The van der Waals surface area contributed by atoms with E-state index >= 15 is 0 Å². The number of anilines is 1. The molecule has 0 saturated heterocycles. The molecule has 0 unspecified atom stereocenters. The van der Waals surface area contributed by atoms with E-state index in [2.05, 4.69) is 53.4 Å². The molecular weight excluding hydrogens is 318 g/mol. The molecule has 2 heterocycles. The molecule has 0 bridgehead atoms. The Balaban J connectivity index is 1.70. The van der Waals surface area contributed by atoms with Gasteiger partial charge in [-0.15, -0.1) is 11.3 Å². The number of rotatable bonds is 5. The van der Waals surface area contributed by atoms with Crippen molar-refractivity contribution in [2.24, 2.45) is 5.92 Å². The maximum Gasteiger partial charge on any atom is 0.259 e. The molecular formula is C19H19N3OS. The van der Waals surface area contributed by atoms with Crippen molar-refractivity contribution < 1.29 is 4.79 Å². The molecule has 0 radical (unpaired) electrons. The van der Waals surface area contributed by atoms with E-state index in [1.807, 2.05) is 5.38 Å². The minimum Gasteiger partial charge on any atom is -0.298 e. The Labute approximate surface area is 145 Å². The standard InChI is InChI=1S/C19H19N3OS/c1-13(2)10-14-5-7-15(8-6-14)17-12-24-19(21-17)22-18(23)16-4-3-9-20-11-16/h3-9,11-13H,10H2,1-2H3,(H,21,22,23). The van der Waals surface area contributed by atoms with Crippen LogP contribution in [-0.4, -0.2) is 15.9 Å². The molecule has 24 heavy (non-hydrogen) atoms. The van der Waals surface area contributed by atoms with Crippen LogP contribution in [0.5, 0.6) is 0 Å². The number of hydrogen-bond donors (Lipinski definition) is 1. The molecule has 122 valence electrons. The van der Waals surface area contributed by atoms with E-state index < -0.39 is 0 Å². The molecule has 0 saturated carbocycles. The van der Waals surface area contributed by atoms with Crippen LogP contribution in [0.1, 0.15) is 29.8 Å². The zero-order valence-corrected chi connectivity index (χ0v) is 14.5. The van der Waals surface area contributed by atoms with Crippen LogP contribution in [0.3, 0.4) is 0 Å². The molecule has 3 rings (SSSR count). The SMILES string of the molecule is CC(C)Cc1ccc(-c2csc(NC(=O)c3cccnc3)n2)cc1. The molecule has 0 atom stereocenters. The predicted octanol–water partition coefficient (Wildman–Crippen LogP) is 4.66. The van der Waals surface area contributed by atoms with Gasteiger partial charge in [0.2, 0.25) is 0 Å². The van der Waals surface area contributed by atoms with Gasteiger partial charge in [-0.05, 0) is 30.0 Å². The zero-order chi connectivity index (χ0) is 16.9. The topological polar surface area (TPSA) is 54.9 Å². The van der Waals surface area contributed by atoms with Gasteiger partial charge in [0.05, 0.1) is 11.3 Å². The third-order valence-corrected chi connectivity index (χ3v) is 4.30. The van der Waals surface area contributed by atoms with E-state index in [9.17, 15) is 4.79 Å². The number of aromatic nitrogens is 2. The summed E-state index contributed by atoms with van der Waals surface area (Å²) >= 11 is 1.42. The predicted molar refractivity (Wildman–Crippen MR) is 98.3 cm³/mol. The minimum absolute atomic E-state index is 0.198. The lowest BCUT2D eigenvalue weighted by Gasteiger charge is -2.05. The Bertz CT molecular complexity index is 810. The summed E-state index contributed by atoms with van der Waals surface area (Å²) in [7, 11) is 0. The fourth-order valence-electron chi connectivity index (χ4n) is 2.41. The van der Waals surface area contributed by atoms with Crippen LogP contribution >= 0.6 is 11.3 Å². The van der Waals surface area contributed by atoms with Crippen molar-refractivity contribution in [3.05, 3.63) is 65.3 Å². The van der Waals surface area contributed by atoms with Crippen molar-refractivity contribution in [2.75, 3.05) is 5.32 Å². The Morgan fingerprint density at radius 1 is 1.21 bits per heavy atom. The van der Waals surface area contributed by atoms with Crippen molar-refractivity contribution >= 4 is 22.4 Å². The minimum atomic E-state index is -0.198. The molecule has 4 nitrogen and oxygen atoms in total. The van der Waals surface area contributed by atoms with Gasteiger partial charge in [-0.3, -0.25) is 15.1 Å². The molecule has 0 aliphatic rings. The Hall–Kier alpha value is -2.53. The van der Waals surface area contributed by atoms with Crippen LogP contribution in [0.25, 0.3) is 11.3 Å². The smallest absolute Gasteiger partial charge is 0.259 e. The first-order valence-electron chi connectivity index (χ1n) is 7.88. The second kappa shape index (κ2) is 7.36. The summed E-state index contributed by atoms with van der Waals surface area (Å²) in [6, 6.07) is 11.9. The average Bonchev–Trinajstić information content (AvgIpc) is 3.04. The monoisotopic (exact) mass is 337 g/mol. The summed E-state index contributed by atoms with van der Waals surface area (Å²) in [5.74, 6) is 0.445. The molecule has 0 aliphatic carbocycles. The third kappa shape index (κ3) is 4.06. The maximum absolute atomic E-state index is 12.1. The van der Waals surface area contributed by atoms with Crippen LogP contribution in [0.15, 0.2) is 54.2 Å². The van der Waals surface area contributed by atoms with Gasteiger partial charge in [0, 0.05) is 23.3 Å². The van der Waals surface area contributed by atoms with Gasteiger partial charge >= 0.3 is 0 Å². The van der Waals surface area contributed by atoms with Crippen molar-refractivity contribution in [3.8, 4) is 11.3 Å². The van der Waals surface area contributed by atoms with E-state index in [0.29, 0.717) is 16.6 Å². The van der Waals surface area contributed by atoms with Crippen molar-refractivity contribution in [1.82, 2.24) is 9.97 Å². The van der Waals surface area contributed by atoms with E-state index in [1.54, 1.807) is 18.3 Å². The summed E-state index contributed by atoms with van der Waals surface area (Å²) in [5, 5.41) is 5.36. The molecule has 5 heteroatoms. The summed E-state index contributed by atoms with van der Waals surface area (Å²) in [6.07, 6.45) is 4.25. The normalized spacial score (nSPS) is 10.8. The van der Waals surface area contributed by atoms with E-state index in [4.69, 9.17) is 0 Å². The van der Waals surface area contributed by atoms with Crippen LogP contribution < -0.4 is 5.32 Å². The number of hydrogen-bond acceptors (Lipinski definition) is 4. The summed E-state index contributed by atoms with van der Waals surface area (Å²) in [5.41, 5.74) is 3.78. The van der Waals surface area contributed by atoms with Crippen molar-refractivity contribution in [3.63, 3.8) is 0 Å². The number of nitrogens with zero attached hydrogens (tertiary/aromatic N) is 2. The van der Waals surface area contributed by atoms with Crippen LogP contribution in [0, 0.1) is 5.92 Å². The van der Waals surface area contributed by atoms with Crippen molar-refractivity contribution in [2.45, 2.75) is 20.3 Å². The molecule has 3 aromatic rings. The second-order valence-electron chi connectivity index (χ2n) is 6.03. The summed E-state index contributed by atoms with van der Waals surface area (Å²) < 4.78 is 0. The van der Waals surface area contributed by atoms with Crippen LogP contribution in [0.2, 0.25) is 0 Å². The van der Waals surface area contributed by atoms with E-state index in [-0.39, 0.29) is 5.91 Å². The Kier molecular flexibility index (Phi) is 5.01. The number of pyridine rings is 1. The van der Waals surface area contributed by atoms with Gasteiger partial charge in [0.25, 0.3) is 5.91 Å². The number of carbonyl (C=O) groups excluding carboxylic acids is 1. The molecule has 1 amide bonds. The lowest BCUT2D eigenvalue weighted by Crippen LogP contribution is -2.11. The largest absolute Gasteiger partial charge is 0.298 e. The highest BCUT2D eigenvalue weighted by atomic mass is 32.1. The number of nitrogens with one attached hydrogen (secondary N) is 1. The highest BCUT2D eigenvalue weighted by molar-refractivity contribution is 7.14. The number of benzene rings is 1. The Morgan fingerprint density at radius 3 is 2.67 bits per heavy atom. The van der Waals surface area contributed by atoms with Gasteiger partial charge in [0.15, 0.2) is 5.13 Å². The molecule has 0 spiro atoms. The van der Waals surface area contributed by atoms with E-state index in [1.165, 1.54) is 23.1 Å². The first-order chi connectivity index (χ1) is 11.6. The van der Waals surface area contributed by atoms with Gasteiger partial charge in [-0.25, -0.2) is 4.98 Å². The van der Waals surface area contributed by atoms with E-state index in [0.717, 1.165) is 17.7 Å². The summed E-state index contributed by atoms with van der Waals surface area (Å²) in [6.45, 7) is 4.43. The van der Waals surface area contributed by atoms with Crippen LogP contribution in [-0.2, 0) is 6.42 Å². The fourth-order valence-corrected chi connectivity index (χ4v) is 3.13. The van der Waals surface area contributed by atoms with Crippen molar-refractivity contribution in [1.29, 1.82) is 0 Å². The lowest BCUT2D eigenvalue weighted by atomic mass is 10.0. The fraction of sp³-hybridized carbons (Fsp3) is 0.211. The van der Waals surface area contributed by atoms with Gasteiger partial charge < -0.3 is 0 Å². The lowest BCUT2D eigenvalue weighted by molar-refractivity contribution is 0.102. The molecule has 2 aromatic heterocycles. The van der Waals surface area contributed by atoms with Gasteiger partial charge in [-0.2, -0.15) is 0 Å². The van der Waals surface area contributed by atoms with Crippen LogP contribution in [0.4, 0.5) is 5.13 Å². The quantitative estimate of drug-likeness (QED) is 0.737. The highest BCUT2D eigenvalue weighted by Gasteiger charge is 2.10. The molecule has 1 N–H and O–H groups in total. The molecule has 1 aromatic carbocycles. The first kappa shape index (κ1) is 16.3. The second-order valence-corrected chi connectivity index (χ2v) is 6.89. The molecule has 0 fully saturated rings. The first-order valence-corrected chi connectivity index (χ1v) is 8.76. The molecule has 0 aliphatic heterocycles. The third-order valence-electron chi connectivity index (χ3n) is 3.54. The highest BCUT2D eigenvalue weighted by Crippen LogP contribution is 2.25. The zero-order valence-electron chi connectivity index (χ0n) is 13.7. The number of carbonyl (C=O) groups is 1. The summed E-state index contributed by atoms with van der Waals surface area (Å²) in [4.78, 5) is 20.6. The maximum atomic E-state index is 12.1. The average molecular weight is 337 g/mol. The van der Waals surface area contributed by atoms with Gasteiger partial charge in [-0.1, -0.05) is 38.1 Å².